The summed E-state index contributed by atoms with van der Waals surface area (Å²) in [7, 11) is 0. The van der Waals surface area contributed by atoms with Crippen molar-refractivity contribution in [1.82, 2.24) is 0 Å². The lowest BCUT2D eigenvalue weighted by Gasteiger charge is -2.36. The second-order valence-electron chi connectivity index (χ2n) is 6.32. The standard InChI is InChI=1S/C19H20N2O4/c1-13-11-20(12-14(2)25-13)17-9-8-16(10-18(17)21(23)24)19(22)15-6-4-3-5-7-15/h3-10,13-14H,11-12H2,1-2H3/t13-,14-/m0/s1. The molecule has 0 amide bonds. The molecule has 0 bridgehead atoms. The average molecular weight is 340 g/mol. The topological polar surface area (TPSA) is 72.7 Å². The summed E-state index contributed by atoms with van der Waals surface area (Å²) in [5.41, 5.74) is 1.30. The lowest BCUT2D eigenvalue weighted by atomic mass is 10.0. The number of benzene rings is 2. The zero-order valence-electron chi connectivity index (χ0n) is 14.2. The quantitative estimate of drug-likeness (QED) is 0.484. The van der Waals surface area contributed by atoms with Gasteiger partial charge in [0.1, 0.15) is 5.69 Å². The highest BCUT2D eigenvalue weighted by Crippen LogP contribution is 2.32. The fourth-order valence-corrected chi connectivity index (χ4v) is 3.21. The van der Waals surface area contributed by atoms with Gasteiger partial charge in [0.05, 0.1) is 17.1 Å². The number of morpholine rings is 1. The molecular formula is C19H20N2O4. The van der Waals surface area contributed by atoms with Gasteiger partial charge in [0.25, 0.3) is 5.69 Å². The van der Waals surface area contributed by atoms with E-state index in [1.807, 2.05) is 24.8 Å². The zero-order valence-corrected chi connectivity index (χ0v) is 14.2. The zero-order chi connectivity index (χ0) is 18.0. The second-order valence-corrected chi connectivity index (χ2v) is 6.32. The van der Waals surface area contributed by atoms with Gasteiger partial charge >= 0.3 is 0 Å². The van der Waals surface area contributed by atoms with Crippen molar-refractivity contribution < 1.29 is 14.5 Å². The molecule has 6 nitrogen and oxygen atoms in total. The van der Waals surface area contributed by atoms with Crippen LogP contribution < -0.4 is 4.90 Å². The largest absolute Gasteiger partial charge is 0.372 e. The molecule has 0 unspecified atom stereocenters. The van der Waals surface area contributed by atoms with Crippen LogP contribution >= 0.6 is 0 Å². The highest BCUT2D eigenvalue weighted by atomic mass is 16.6. The third kappa shape index (κ3) is 3.69. The van der Waals surface area contributed by atoms with Crippen LogP contribution in [0.5, 0.6) is 0 Å². The third-order valence-corrected chi connectivity index (χ3v) is 4.23. The number of nitro groups is 1. The summed E-state index contributed by atoms with van der Waals surface area (Å²) < 4.78 is 5.69. The van der Waals surface area contributed by atoms with E-state index in [4.69, 9.17) is 4.74 Å². The van der Waals surface area contributed by atoms with Gasteiger partial charge in [-0.05, 0) is 26.0 Å². The predicted octanol–water partition coefficient (Wildman–Crippen LogP) is 3.44. The van der Waals surface area contributed by atoms with Crippen molar-refractivity contribution in [2.45, 2.75) is 26.1 Å². The van der Waals surface area contributed by atoms with Crippen molar-refractivity contribution in [2.75, 3.05) is 18.0 Å². The van der Waals surface area contributed by atoms with E-state index < -0.39 is 4.92 Å². The molecule has 0 N–H and O–H groups in total. The van der Waals surface area contributed by atoms with Gasteiger partial charge in [-0.3, -0.25) is 14.9 Å². The van der Waals surface area contributed by atoms with Crippen molar-refractivity contribution in [3.8, 4) is 0 Å². The number of hydrogen-bond donors (Lipinski definition) is 0. The molecule has 3 rings (SSSR count). The first kappa shape index (κ1) is 17.1. The normalized spacial score (nSPS) is 20.3. The Morgan fingerprint density at radius 1 is 1.08 bits per heavy atom. The number of hydrogen-bond acceptors (Lipinski definition) is 5. The van der Waals surface area contributed by atoms with Gasteiger partial charge in [-0.1, -0.05) is 30.3 Å². The lowest BCUT2D eigenvalue weighted by Crippen LogP contribution is -2.45. The van der Waals surface area contributed by atoms with Gasteiger partial charge in [0.2, 0.25) is 0 Å². The Morgan fingerprint density at radius 3 is 2.32 bits per heavy atom. The Hall–Kier alpha value is -2.73. The van der Waals surface area contributed by atoms with Crippen LogP contribution in [0.25, 0.3) is 0 Å². The van der Waals surface area contributed by atoms with Crippen molar-refractivity contribution >= 4 is 17.2 Å². The van der Waals surface area contributed by atoms with E-state index in [2.05, 4.69) is 0 Å². The maximum atomic E-state index is 12.6. The van der Waals surface area contributed by atoms with Crippen LogP contribution in [0.15, 0.2) is 48.5 Å². The monoisotopic (exact) mass is 340 g/mol. The van der Waals surface area contributed by atoms with E-state index in [0.717, 1.165) is 0 Å². The van der Waals surface area contributed by atoms with Crippen LogP contribution in [0.4, 0.5) is 11.4 Å². The van der Waals surface area contributed by atoms with Crippen molar-refractivity contribution in [3.63, 3.8) is 0 Å². The van der Waals surface area contributed by atoms with Gasteiger partial charge in [-0.25, -0.2) is 0 Å². The van der Waals surface area contributed by atoms with Crippen LogP contribution in [0.1, 0.15) is 29.8 Å². The minimum absolute atomic E-state index is 0.00557. The van der Waals surface area contributed by atoms with Crippen molar-refractivity contribution in [2.24, 2.45) is 0 Å². The smallest absolute Gasteiger partial charge is 0.293 e. The highest BCUT2D eigenvalue weighted by Gasteiger charge is 2.28. The van der Waals surface area contributed by atoms with Gasteiger partial charge in [0.15, 0.2) is 5.78 Å². The molecule has 2 aromatic rings. The molecule has 0 aliphatic carbocycles. The Balaban J connectivity index is 1.96. The van der Waals surface area contributed by atoms with E-state index >= 15 is 0 Å². The number of ketones is 1. The molecule has 0 aromatic heterocycles. The van der Waals surface area contributed by atoms with E-state index in [1.165, 1.54) is 6.07 Å². The van der Waals surface area contributed by atoms with Crippen LogP contribution in [0.3, 0.4) is 0 Å². The van der Waals surface area contributed by atoms with Gasteiger partial charge in [-0.15, -0.1) is 0 Å². The fourth-order valence-electron chi connectivity index (χ4n) is 3.21. The van der Waals surface area contributed by atoms with Crippen LogP contribution in [0.2, 0.25) is 0 Å². The summed E-state index contributed by atoms with van der Waals surface area (Å²) in [5.74, 6) is -0.223. The summed E-state index contributed by atoms with van der Waals surface area (Å²) in [6, 6.07) is 13.5. The number of nitro benzene ring substituents is 1. The summed E-state index contributed by atoms with van der Waals surface area (Å²) in [6.45, 7) is 5.05. The van der Waals surface area contributed by atoms with Crippen LogP contribution in [-0.4, -0.2) is 36.0 Å². The SMILES string of the molecule is C[C@H]1CN(c2ccc(C(=O)c3ccccc3)cc2[N+](=O)[O-])C[C@H](C)O1. The Bertz CT molecular complexity index is 781. The molecule has 2 atom stereocenters. The molecule has 1 saturated heterocycles. The summed E-state index contributed by atoms with van der Waals surface area (Å²) in [4.78, 5) is 25.7. The molecule has 0 spiro atoms. The van der Waals surface area contributed by atoms with Crippen LogP contribution in [-0.2, 0) is 4.74 Å². The maximum Gasteiger partial charge on any atom is 0.293 e. The maximum absolute atomic E-state index is 12.6. The molecule has 0 saturated carbocycles. The molecule has 1 aliphatic rings. The van der Waals surface area contributed by atoms with E-state index in [9.17, 15) is 14.9 Å². The molecule has 130 valence electrons. The number of carbonyl (C=O) groups is 1. The first-order valence-corrected chi connectivity index (χ1v) is 8.24. The minimum Gasteiger partial charge on any atom is -0.372 e. The number of rotatable bonds is 4. The predicted molar refractivity (Wildman–Crippen MR) is 95.2 cm³/mol. The Morgan fingerprint density at radius 2 is 1.72 bits per heavy atom. The summed E-state index contributed by atoms with van der Waals surface area (Å²) >= 11 is 0. The fraction of sp³-hybridized carbons (Fsp3) is 0.316. The van der Waals surface area contributed by atoms with Gasteiger partial charge in [-0.2, -0.15) is 0 Å². The van der Waals surface area contributed by atoms with Crippen molar-refractivity contribution in [3.05, 3.63) is 69.8 Å². The molecule has 0 radical (unpaired) electrons. The number of ether oxygens (including phenoxy) is 1. The highest BCUT2D eigenvalue weighted by molar-refractivity contribution is 6.09. The third-order valence-electron chi connectivity index (χ3n) is 4.23. The van der Waals surface area contributed by atoms with E-state index in [-0.39, 0.29) is 23.7 Å². The molecule has 6 heteroatoms. The molecule has 1 aliphatic heterocycles. The van der Waals surface area contributed by atoms with Crippen molar-refractivity contribution in [1.29, 1.82) is 0 Å². The lowest BCUT2D eigenvalue weighted by molar-refractivity contribution is -0.384. The number of nitrogens with zero attached hydrogens (tertiary/aromatic N) is 2. The molecular weight excluding hydrogens is 320 g/mol. The van der Waals surface area contributed by atoms with E-state index in [0.29, 0.717) is 29.9 Å². The minimum atomic E-state index is -0.429. The molecule has 1 fully saturated rings. The summed E-state index contributed by atoms with van der Waals surface area (Å²) in [6.07, 6.45) is -0.0111. The Kier molecular flexibility index (Phi) is 4.81. The number of anilines is 1. The first-order chi connectivity index (χ1) is 12.0. The van der Waals surface area contributed by atoms with Gasteiger partial charge in [0, 0.05) is 30.3 Å². The first-order valence-electron chi connectivity index (χ1n) is 8.24. The number of carbonyl (C=O) groups excluding carboxylic acids is 1. The van der Waals surface area contributed by atoms with Crippen LogP contribution in [0, 0.1) is 10.1 Å². The molecule has 1 heterocycles. The molecule has 2 aromatic carbocycles. The van der Waals surface area contributed by atoms with E-state index in [1.54, 1.807) is 36.4 Å². The molecule has 25 heavy (non-hydrogen) atoms. The van der Waals surface area contributed by atoms with Gasteiger partial charge < -0.3 is 9.64 Å². The summed E-state index contributed by atoms with van der Waals surface area (Å²) in [5, 5.41) is 11.6. The second kappa shape index (κ2) is 7.03. The average Bonchev–Trinajstić information content (AvgIpc) is 2.60. The Labute approximate surface area is 146 Å².